The van der Waals surface area contributed by atoms with Gasteiger partial charge in [-0.2, -0.15) is 5.10 Å². The van der Waals surface area contributed by atoms with Crippen LogP contribution in [0.3, 0.4) is 0 Å². The fraction of sp³-hybridized carbons (Fsp3) is 0.400. The number of hydrogen-bond acceptors (Lipinski definition) is 6. The fourth-order valence-electron chi connectivity index (χ4n) is 3.12. The van der Waals surface area contributed by atoms with Crippen LogP contribution in [0, 0.1) is 6.92 Å². The molecular formula is C15H17N7. The second-order valence-corrected chi connectivity index (χ2v) is 5.64. The van der Waals surface area contributed by atoms with Crippen molar-refractivity contribution in [2.75, 3.05) is 18.0 Å². The van der Waals surface area contributed by atoms with Gasteiger partial charge in [-0.25, -0.2) is 19.9 Å². The molecule has 0 saturated carbocycles. The van der Waals surface area contributed by atoms with Crippen molar-refractivity contribution in [3.05, 3.63) is 36.3 Å². The summed E-state index contributed by atoms with van der Waals surface area (Å²) in [5, 5.41) is 7.95. The standard InChI is InChI=1S/C15H17N7/c1-10-16-5-4-13(20-10)11-3-2-6-22(8-11)15-12-7-19-21-14(12)17-9-18-15/h4-5,7,9,11H,2-3,6,8H2,1H3,(H,17,18,19,21). The third kappa shape index (κ3) is 2.28. The van der Waals surface area contributed by atoms with E-state index in [1.54, 1.807) is 12.5 Å². The van der Waals surface area contributed by atoms with Crippen molar-refractivity contribution in [1.82, 2.24) is 30.1 Å². The molecule has 1 aliphatic rings. The second-order valence-electron chi connectivity index (χ2n) is 5.64. The number of hydrogen-bond donors (Lipinski definition) is 1. The third-order valence-electron chi connectivity index (χ3n) is 4.16. The van der Waals surface area contributed by atoms with Crippen LogP contribution in [0.15, 0.2) is 24.8 Å². The highest BCUT2D eigenvalue weighted by Crippen LogP contribution is 2.30. The Labute approximate surface area is 127 Å². The summed E-state index contributed by atoms with van der Waals surface area (Å²) in [4.78, 5) is 19.8. The highest BCUT2D eigenvalue weighted by molar-refractivity contribution is 5.86. The molecule has 0 bridgehead atoms. The Hall–Kier alpha value is -2.57. The van der Waals surface area contributed by atoms with Gasteiger partial charge in [0.25, 0.3) is 0 Å². The first kappa shape index (κ1) is 13.1. The number of aromatic amines is 1. The van der Waals surface area contributed by atoms with Crippen molar-refractivity contribution in [2.45, 2.75) is 25.7 Å². The minimum atomic E-state index is 0.410. The third-order valence-corrected chi connectivity index (χ3v) is 4.16. The van der Waals surface area contributed by atoms with Gasteiger partial charge >= 0.3 is 0 Å². The molecule has 1 unspecified atom stereocenters. The summed E-state index contributed by atoms with van der Waals surface area (Å²) in [5.74, 6) is 2.19. The monoisotopic (exact) mass is 295 g/mol. The summed E-state index contributed by atoms with van der Waals surface area (Å²) in [7, 11) is 0. The molecule has 4 heterocycles. The van der Waals surface area contributed by atoms with Crippen molar-refractivity contribution < 1.29 is 0 Å². The van der Waals surface area contributed by atoms with Gasteiger partial charge in [0.1, 0.15) is 18.0 Å². The fourth-order valence-corrected chi connectivity index (χ4v) is 3.12. The molecule has 0 aromatic carbocycles. The van der Waals surface area contributed by atoms with Crippen LogP contribution in [-0.2, 0) is 0 Å². The van der Waals surface area contributed by atoms with E-state index in [1.807, 2.05) is 19.2 Å². The molecule has 0 amide bonds. The highest BCUT2D eigenvalue weighted by Gasteiger charge is 2.25. The summed E-state index contributed by atoms with van der Waals surface area (Å²) >= 11 is 0. The predicted molar refractivity (Wildman–Crippen MR) is 82.6 cm³/mol. The van der Waals surface area contributed by atoms with Crippen LogP contribution in [0.25, 0.3) is 11.0 Å². The van der Waals surface area contributed by atoms with E-state index in [2.05, 4.69) is 35.0 Å². The molecule has 1 N–H and O–H groups in total. The first-order valence-electron chi connectivity index (χ1n) is 7.50. The molecule has 0 aliphatic carbocycles. The number of aromatic nitrogens is 6. The molecule has 7 nitrogen and oxygen atoms in total. The highest BCUT2D eigenvalue weighted by atomic mass is 15.2. The molecule has 1 aliphatic heterocycles. The SMILES string of the molecule is Cc1nccc(C2CCCN(c3ncnc4[nH]ncc34)C2)n1. The largest absolute Gasteiger partial charge is 0.355 e. The number of rotatable bonds is 2. The molecule has 3 aromatic heterocycles. The molecule has 1 fully saturated rings. The number of piperidine rings is 1. The lowest BCUT2D eigenvalue weighted by Crippen LogP contribution is -2.35. The zero-order chi connectivity index (χ0) is 14.9. The van der Waals surface area contributed by atoms with Crippen LogP contribution in [0.4, 0.5) is 5.82 Å². The maximum Gasteiger partial charge on any atom is 0.160 e. The molecule has 1 saturated heterocycles. The zero-order valence-electron chi connectivity index (χ0n) is 12.4. The van der Waals surface area contributed by atoms with E-state index in [0.29, 0.717) is 5.92 Å². The van der Waals surface area contributed by atoms with E-state index in [0.717, 1.165) is 54.3 Å². The van der Waals surface area contributed by atoms with Crippen molar-refractivity contribution in [2.24, 2.45) is 0 Å². The molecule has 0 radical (unpaired) electrons. The van der Waals surface area contributed by atoms with Crippen molar-refractivity contribution in [1.29, 1.82) is 0 Å². The Morgan fingerprint density at radius 1 is 1.27 bits per heavy atom. The van der Waals surface area contributed by atoms with E-state index < -0.39 is 0 Å². The van der Waals surface area contributed by atoms with Gasteiger partial charge in [-0.3, -0.25) is 5.10 Å². The molecule has 22 heavy (non-hydrogen) atoms. The zero-order valence-corrected chi connectivity index (χ0v) is 12.4. The minimum Gasteiger partial charge on any atom is -0.355 e. The Balaban J connectivity index is 1.65. The summed E-state index contributed by atoms with van der Waals surface area (Å²) in [6.07, 6.45) is 7.50. The minimum absolute atomic E-state index is 0.410. The molecular weight excluding hydrogens is 278 g/mol. The smallest absolute Gasteiger partial charge is 0.160 e. The van der Waals surface area contributed by atoms with Crippen molar-refractivity contribution in [3.63, 3.8) is 0 Å². The van der Waals surface area contributed by atoms with Gasteiger partial charge in [0.2, 0.25) is 0 Å². The van der Waals surface area contributed by atoms with E-state index in [-0.39, 0.29) is 0 Å². The van der Waals surface area contributed by atoms with Gasteiger partial charge < -0.3 is 4.90 Å². The first-order valence-corrected chi connectivity index (χ1v) is 7.50. The molecule has 0 spiro atoms. The summed E-state index contributed by atoms with van der Waals surface area (Å²) in [5.41, 5.74) is 1.90. The molecule has 4 rings (SSSR count). The van der Waals surface area contributed by atoms with Gasteiger partial charge in [-0.15, -0.1) is 0 Å². The second kappa shape index (κ2) is 5.32. The van der Waals surface area contributed by atoms with Crippen molar-refractivity contribution in [3.8, 4) is 0 Å². The van der Waals surface area contributed by atoms with Crippen LogP contribution in [0.1, 0.15) is 30.3 Å². The lowest BCUT2D eigenvalue weighted by Gasteiger charge is -2.33. The first-order chi connectivity index (χ1) is 10.8. The summed E-state index contributed by atoms with van der Waals surface area (Å²) in [6, 6.07) is 2.02. The number of aryl methyl sites for hydroxylation is 1. The van der Waals surface area contributed by atoms with Crippen LogP contribution in [0.2, 0.25) is 0 Å². The summed E-state index contributed by atoms with van der Waals surface area (Å²) in [6.45, 7) is 3.84. The van der Waals surface area contributed by atoms with Crippen LogP contribution >= 0.6 is 0 Å². The Morgan fingerprint density at radius 3 is 3.14 bits per heavy atom. The van der Waals surface area contributed by atoms with Gasteiger partial charge in [0, 0.05) is 30.9 Å². The van der Waals surface area contributed by atoms with Gasteiger partial charge in [-0.05, 0) is 25.8 Å². The average Bonchev–Trinajstić information content (AvgIpc) is 3.03. The molecule has 112 valence electrons. The average molecular weight is 295 g/mol. The molecule has 3 aromatic rings. The molecule has 7 heteroatoms. The molecule has 1 atom stereocenters. The number of anilines is 1. The van der Waals surface area contributed by atoms with E-state index >= 15 is 0 Å². The van der Waals surface area contributed by atoms with Crippen LogP contribution in [-0.4, -0.2) is 43.2 Å². The van der Waals surface area contributed by atoms with E-state index in [9.17, 15) is 0 Å². The Morgan fingerprint density at radius 2 is 2.23 bits per heavy atom. The van der Waals surface area contributed by atoms with E-state index in [4.69, 9.17) is 0 Å². The number of fused-ring (bicyclic) bond motifs is 1. The maximum absolute atomic E-state index is 4.59. The summed E-state index contributed by atoms with van der Waals surface area (Å²) < 4.78 is 0. The quantitative estimate of drug-likeness (QED) is 0.776. The number of nitrogens with zero attached hydrogens (tertiary/aromatic N) is 6. The van der Waals surface area contributed by atoms with Gasteiger partial charge in [0.05, 0.1) is 11.6 Å². The van der Waals surface area contributed by atoms with Gasteiger partial charge in [0.15, 0.2) is 5.65 Å². The Bertz CT molecular complexity index is 797. The number of nitrogens with one attached hydrogen (secondary N) is 1. The van der Waals surface area contributed by atoms with Crippen molar-refractivity contribution >= 4 is 16.9 Å². The van der Waals surface area contributed by atoms with E-state index in [1.165, 1.54) is 0 Å². The predicted octanol–water partition coefficient (Wildman–Crippen LogP) is 1.84. The lowest BCUT2D eigenvalue weighted by atomic mass is 9.94. The normalized spacial score (nSPS) is 18.8. The number of H-pyrrole nitrogens is 1. The topological polar surface area (TPSA) is 83.5 Å². The maximum atomic E-state index is 4.59. The lowest BCUT2D eigenvalue weighted by molar-refractivity contribution is 0.498. The van der Waals surface area contributed by atoms with Gasteiger partial charge in [-0.1, -0.05) is 0 Å². The Kier molecular flexibility index (Phi) is 3.17. The van der Waals surface area contributed by atoms with Crippen LogP contribution in [0.5, 0.6) is 0 Å². The van der Waals surface area contributed by atoms with Crippen LogP contribution < -0.4 is 4.90 Å².